The molecular formula is C12H21N3O4. The number of likely N-dealkylation sites (tertiary alicyclic amines) is 1. The molecule has 0 saturated carbocycles. The molecule has 3 N–H and O–H groups in total. The average Bonchev–Trinajstić information content (AvgIpc) is 2.71. The van der Waals surface area contributed by atoms with Gasteiger partial charge in [-0.1, -0.05) is 6.92 Å². The Kier molecular flexibility index (Phi) is 4.74. The molecule has 1 rings (SSSR count). The number of amides is 3. The summed E-state index contributed by atoms with van der Waals surface area (Å²) in [6.45, 7) is 4.34. The number of nitrogens with zero attached hydrogens (tertiary/aromatic N) is 2. The average molecular weight is 271 g/mol. The van der Waals surface area contributed by atoms with Crippen molar-refractivity contribution in [2.45, 2.75) is 26.7 Å². The molecule has 1 unspecified atom stereocenters. The Morgan fingerprint density at radius 1 is 1.42 bits per heavy atom. The van der Waals surface area contributed by atoms with E-state index in [2.05, 4.69) is 0 Å². The van der Waals surface area contributed by atoms with Gasteiger partial charge in [-0.05, 0) is 19.8 Å². The summed E-state index contributed by atoms with van der Waals surface area (Å²) < 4.78 is 0. The monoisotopic (exact) mass is 271 g/mol. The van der Waals surface area contributed by atoms with Crippen LogP contribution in [0.1, 0.15) is 26.7 Å². The SMILES string of the molecule is CCCN(CC(=O)O)C(=O)N1CCC(C)(C(N)=O)C1. The molecule has 0 bridgehead atoms. The van der Waals surface area contributed by atoms with E-state index in [9.17, 15) is 14.4 Å². The largest absolute Gasteiger partial charge is 0.480 e. The molecule has 1 aliphatic rings. The molecule has 1 atom stereocenters. The fraction of sp³-hybridized carbons (Fsp3) is 0.750. The number of carboxylic acid groups (broad SMARTS) is 1. The van der Waals surface area contributed by atoms with Crippen molar-refractivity contribution in [3.05, 3.63) is 0 Å². The molecule has 3 amide bonds. The Balaban J connectivity index is 2.71. The van der Waals surface area contributed by atoms with Gasteiger partial charge in [-0.3, -0.25) is 9.59 Å². The minimum absolute atomic E-state index is 0.251. The van der Waals surface area contributed by atoms with Gasteiger partial charge in [-0.15, -0.1) is 0 Å². The van der Waals surface area contributed by atoms with Crippen molar-refractivity contribution < 1.29 is 19.5 Å². The number of hydrogen-bond donors (Lipinski definition) is 2. The number of urea groups is 1. The van der Waals surface area contributed by atoms with Crippen LogP contribution in [0.5, 0.6) is 0 Å². The highest BCUT2D eigenvalue weighted by Crippen LogP contribution is 2.30. The number of rotatable bonds is 5. The van der Waals surface area contributed by atoms with Crippen LogP contribution in [0.25, 0.3) is 0 Å². The molecule has 7 nitrogen and oxygen atoms in total. The topological polar surface area (TPSA) is 104 Å². The third kappa shape index (κ3) is 3.59. The molecule has 1 saturated heterocycles. The van der Waals surface area contributed by atoms with Gasteiger partial charge < -0.3 is 20.6 Å². The lowest BCUT2D eigenvalue weighted by atomic mass is 9.89. The van der Waals surface area contributed by atoms with Crippen LogP contribution >= 0.6 is 0 Å². The summed E-state index contributed by atoms with van der Waals surface area (Å²) in [7, 11) is 0. The minimum Gasteiger partial charge on any atom is -0.480 e. The van der Waals surface area contributed by atoms with Gasteiger partial charge in [0.15, 0.2) is 0 Å². The molecule has 0 spiro atoms. The van der Waals surface area contributed by atoms with E-state index in [1.807, 2.05) is 6.92 Å². The van der Waals surface area contributed by atoms with Crippen LogP contribution in [0, 0.1) is 5.41 Å². The highest BCUT2D eigenvalue weighted by atomic mass is 16.4. The maximum Gasteiger partial charge on any atom is 0.323 e. The Bertz CT molecular complexity index is 385. The zero-order chi connectivity index (χ0) is 14.6. The van der Waals surface area contributed by atoms with Gasteiger partial charge in [0.2, 0.25) is 5.91 Å². The zero-order valence-electron chi connectivity index (χ0n) is 11.4. The maximum atomic E-state index is 12.2. The van der Waals surface area contributed by atoms with Gasteiger partial charge in [0.25, 0.3) is 0 Å². The highest BCUT2D eigenvalue weighted by Gasteiger charge is 2.41. The van der Waals surface area contributed by atoms with Gasteiger partial charge in [0, 0.05) is 19.6 Å². The van der Waals surface area contributed by atoms with Gasteiger partial charge >= 0.3 is 12.0 Å². The first-order valence-corrected chi connectivity index (χ1v) is 6.35. The smallest absolute Gasteiger partial charge is 0.323 e. The van der Waals surface area contributed by atoms with Gasteiger partial charge in [0.05, 0.1) is 5.41 Å². The first-order valence-electron chi connectivity index (χ1n) is 6.35. The van der Waals surface area contributed by atoms with Gasteiger partial charge in [-0.2, -0.15) is 0 Å². The summed E-state index contributed by atoms with van der Waals surface area (Å²) in [5, 5.41) is 8.81. The number of nitrogens with two attached hydrogens (primary N) is 1. The molecule has 0 aromatic heterocycles. The highest BCUT2D eigenvalue weighted by molar-refractivity contribution is 5.84. The number of carbonyl (C=O) groups excluding carboxylic acids is 2. The summed E-state index contributed by atoms with van der Waals surface area (Å²) >= 11 is 0. The Morgan fingerprint density at radius 2 is 2.05 bits per heavy atom. The van der Waals surface area contributed by atoms with E-state index < -0.39 is 17.3 Å². The summed E-state index contributed by atoms with van der Waals surface area (Å²) in [4.78, 5) is 37.1. The van der Waals surface area contributed by atoms with Crippen LogP contribution in [0.2, 0.25) is 0 Å². The quantitative estimate of drug-likeness (QED) is 0.740. The first-order chi connectivity index (χ1) is 8.80. The Hall–Kier alpha value is -1.79. The molecule has 108 valence electrons. The molecule has 0 aromatic rings. The number of primary amides is 1. The third-order valence-electron chi connectivity index (χ3n) is 3.43. The van der Waals surface area contributed by atoms with E-state index in [1.165, 1.54) is 9.80 Å². The number of carbonyl (C=O) groups is 3. The standard InChI is InChI=1S/C12H21N3O4/c1-3-5-14(7-9(16)17)11(19)15-6-4-12(2,8-15)10(13)18/h3-8H2,1-2H3,(H2,13,18)(H,16,17). The Morgan fingerprint density at radius 3 is 2.47 bits per heavy atom. The second-order valence-electron chi connectivity index (χ2n) is 5.19. The third-order valence-corrected chi connectivity index (χ3v) is 3.43. The normalized spacial score (nSPS) is 22.3. The fourth-order valence-electron chi connectivity index (χ4n) is 2.20. The fourth-order valence-corrected chi connectivity index (χ4v) is 2.20. The van der Waals surface area contributed by atoms with Gasteiger partial charge in [0.1, 0.15) is 6.54 Å². The van der Waals surface area contributed by atoms with Crippen molar-refractivity contribution in [1.29, 1.82) is 0 Å². The van der Waals surface area contributed by atoms with Crippen molar-refractivity contribution >= 4 is 17.9 Å². The van der Waals surface area contributed by atoms with E-state index in [4.69, 9.17) is 10.8 Å². The lowest BCUT2D eigenvalue weighted by Crippen LogP contribution is -2.46. The van der Waals surface area contributed by atoms with Crippen LogP contribution in [0.4, 0.5) is 4.79 Å². The molecular weight excluding hydrogens is 250 g/mol. The molecule has 0 radical (unpaired) electrons. The van der Waals surface area contributed by atoms with Crippen molar-refractivity contribution in [2.75, 3.05) is 26.2 Å². The second kappa shape index (κ2) is 5.90. The number of hydrogen-bond acceptors (Lipinski definition) is 3. The van der Waals surface area contributed by atoms with Crippen molar-refractivity contribution in [3.63, 3.8) is 0 Å². The maximum absolute atomic E-state index is 12.2. The first kappa shape index (κ1) is 15.3. The van der Waals surface area contributed by atoms with Crippen LogP contribution in [0.3, 0.4) is 0 Å². The van der Waals surface area contributed by atoms with Crippen molar-refractivity contribution in [2.24, 2.45) is 11.1 Å². The Labute approximate surface area is 112 Å². The molecule has 0 aromatic carbocycles. The predicted molar refractivity (Wildman–Crippen MR) is 68.4 cm³/mol. The van der Waals surface area contributed by atoms with E-state index in [-0.39, 0.29) is 19.1 Å². The second-order valence-corrected chi connectivity index (χ2v) is 5.19. The zero-order valence-corrected chi connectivity index (χ0v) is 11.4. The van der Waals surface area contributed by atoms with Crippen LogP contribution in [0.15, 0.2) is 0 Å². The lowest BCUT2D eigenvalue weighted by molar-refractivity contribution is -0.137. The summed E-state index contributed by atoms with van der Waals surface area (Å²) in [6, 6.07) is -0.339. The summed E-state index contributed by atoms with van der Waals surface area (Å²) in [5.74, 6) is -1.47. The van der Waals surface area contributed by atoms with Gasteiger partial charge in [-0.25, -0.2) is 4.79 Å². The van der Waals surface area contributed by atoms with Crippen LogP contribution in [-0.2, 0) is 9.59 Å². The summed E-state index contributed by atoms with van der Waals surface area (Å²) in [6.07, 6.45) is 1.20. The summed E-state index contributed by atoms with van der Waals surface area (Å²) in [5.41, 5.74) is 4.61. The van der Waals surface area contributed by atoms with E-state index in [1.54, 1.807) is 6.92 Å². The number of carboxylic acids is 1. The molecule has 0 aliphatic carbocycles. The lowest BCUT2D eigenvalue weighted by Gasteiger charge is -2.27. The molecule has 1 heterocycles. The number of aliphatic carboxylic acids is 1. The minimum atomic E-state index is -1.04. The molecule has 1 aliphatic heterocycles. The molecule has 19 heavy (non-hydrogen) atoms. The van der Waals surface area contributed by atoms with E-state index in [0.717, 1.165) is 0 Å². The molecule has 1 fully saturated rings. The van der Waals surface area contributed by atoms with Crippen molar-refractivity contribution in [3.8, 4) is 0 Å². The van der Waals surface area contributed by atoms with Crippen molar-refractivity contribution in [1.82, 2.24) is 9.80 Å². The van der Waals surface area contributed by atoms with E-state index >= 15 is 0 Å². The predicted octanol–water partition coefficient (Wildman–Crippen LogP) is 0.100. The molecule has 7 heteroatoms. The van der Waals surface area contributed by atoms with E-state index in [0.29, 0.717) is 25.9 Å². The van der Waals surface area contributed by atoms with Crippen LogP contribution < -0.4 is 5.73 Å². The van der Waals surface area contributed by atoms with Crippen LogP contribution in [-0.4, -0.2) is 59.0 Å².